The summed E-state index contributed by atoms with van der Waals surface area (Å²) >= 11 is 0. The van der Waals surface area contributed by atoms with Gasteiger partial charge in [-0.3, -0.25) is 0 Å². The number of aliphatic carboxylic acids is 1. The molecule has 2 unspecified atom stereocenters. The van der Waals surface area contributed by atoms with Crippen LogP contribution in [0.5, 0.6) is 5.75 Å². The number of carboxylic acid groups (broad SMARTS) is 1. The van der Waals surface area contributed by atoms with Crippen molar-refractivity contribution in [2.24, 2.45) is 0 Å². The highest BCUT2D eigenvalue weighted by Gasteiger charge is 2.27. The van der Waals surface area contributed by atoms with Crippen LogP contribution in [0.4, 0.5) is 0 Å². The van der Waals surface area contributed by atoms with E-state index in [1.54, 1.807) is 0 Å². The molecule has 2 aromatic rings. The third-order valence-electron chi connectivity index (χ3n) is 4.64. The van der Waals surface area contributed by atoms with Crippen molar-refractivity contribution in [2.45, 2.75) is 37.7 Å². The quantitative estimate of drug-likeness (QED) is 0.737. The SMILES string of the molecule is O=C(O)COCCc1ccc(C2CCC(Oc3ccccc3)C2)cc1. The molecule has 0 radical (unpaired) electrons. The van der Waals surface area contributed by atoms with E-state index in [1.165, 1.54) is 11.1 Å². The summed E-state index contributed by atoms with van der Waals surface area (Å²) in [5.41, 5.74) is 2.53. The van der Waals surface area contributed by atoms with Gasteiger partial charge in [-0.25, -0.2) is 4.79 Å². The lowest BCUT2D eigenvalue weighted by Gasteiger charge is -2.14. The van der Waals surface area contributed by atoms with Gasteiger partial charge in [0.25, 0.3) is 0 Å². The monoisotopic (exact) mass is 340 g/mol. The van der Waals surface area contributed by atoms with E-state index in [0.29, 0.717) is 12.5 Å². The summed E-state index contributed by atoms with van der Waals surface area (Å²) < 4.78 is 11.2. The van der Waals surface area contributed by atoms with Gasteiger partial charge in [0.2, 0.25) is 0 Å². The Morgan fingerprint density at radius 3 is 2.52 bits per heavy atom. The minimum Gasteiger partial charge on any atom is -0.490 e. The molecule has 0 amide bonds. The Hall–Kier alpha value is -2.33. The molecule has 0 spiro atoms. The summed E-state index contributed by atoms with van der Waals surface area (Å²) in [6.07, 6.45) is 4.31. The first-order valence-corrected chi connectivity index (χ1v) is 8.81. The van der Waals surface area contributed by atoms with Crippen molar-refractivity contribution >= 4 is 5.97 Å². The number of rotatable bonds is 8. The molecule has 1 aliphatic carbocycles. The molecule has 0 bridgehead atoms. The summed E-state index contributed by atoms with van der Waals surface area (Å²) in [5.74, 6) is 0.569. The third-order valence-corrected chi connectivity index (χ3v) is 4.64. The van der Waals surface area contributed by atoms with Gasteiger partial charge in [0.15, 0.2) is 0 Å². The van der Waals surface area contributed by atoms with Crippen molar-refractivity contribution in [1.82, 2.24) is 0 Å². The summed E-state index contributed by atoms with van der Waals surface area (Å²) in [7, 11) is 0. The first kappa shape index (κ1) is 17.5. The summed E-state index contributed by atoms with van der Waals surface area (Å²) in [6.45, 7) is 0.199. The number of carboxylic acids is 1. The van der Waals surface area contributed by atoms with Crippen LogP contribution in [-0.2, 0) is 16.0 Å². The fraction of sp³-hybridized carbons (Fsp3) is 0.381. The fourth-order valence-corrected chi connectivity index (χ4v) is 3.35. The smallest absolute Gasteiger partial charge is 0.329 e. The minimum absolute atomic E-state index is 0.233. The second kappa shape index (κ2) is 8.67. The Bertz CT molecular complexity index is 666. The predicted molar refractivity (Wildman–Crippen MR) is 96.1 cm³/mol. The normalized spacial score (nSPS) is 19.7. The molecular formula is C21H24O4. The number of ether oxygens (including phenoxy) is 2. The molecule has 25 heavy (non-hydrogen) atoms. The van der Waals surface area contributed by atoms with Crippen LogP contribution in [0.25, 0.3) is 0 Å². The Labute approximate surface area is 148 Å². The van der Waals surface area contributed by atoms with Crippen LogP contribution in [0.3, 0.4) is 0 Å². The Balaban J connectivity index is 1.47. The lowest BCUT2D eigenvalue weighted by molar-refractivity contribution is -0.142. The molecule has 1 fully saturated rings. The van der Waals surface area contributed by atoms with E-state index in [-0.39, 0.29) is 12.7 Å². The first-order chi connectivity index (χ1) is 12.2. The molecule has 4 nitrogen and oxygen atoms in total. The van der Waals surface area contributed by atoms with Crippen LogP contribution in [0.1, 0.15) is 36.3 Å². The molecule has 2 aromatic carbocycles. The lowest BCUT2D eigenvalue weighted by Crippen LogP contribution is -2.11. The van der Waals surface area contributed by atoms with Crippen molar-refractivity contribution in [2.75, 3.05) is 13.2 Å². The molecule has 1 saturated carbocycles. The van der Waals surface area contributed by atoms with Crippen molar-refractivity contribution in [3.05, 3.63) is 65.7 Å². The molecule has 1 aliphatic rings. The number of para-hydroxylation sites is 1. The van der Waals surface area contributed by atoms with E-state index in [2.05, 4.69) is 24.3 Å². The van der Waals surface area contributed by atoms with Gasteiger partial charge >= 0.3 is 5.97 Å². The average molecular weight is 340 g/mol. The number of hydrogen-bond acceptors (Lipinski definition) is 3. The molecule has 3 rings (SSSR count). The van der Waals surface area contributed by atoms with Crippen molar-refractivity contribution < 1.29 is 19.4 Å². The molecule has 1 N–H and O–H groups in total. The van der Waals surface area contributed by atoms with Gasteiger partial charge in [-0.15, -0.1) is 0 Å². The fourth-order valence-electron chi connectivity index (χ4n) is 3.35. The standard InChI is InChI=1S/C21H24O4/c22-21(23)15-24-13-12-16-6-8-17(9-7-16)18-10-11-20(14-18)25-19-4-2-1-3-5-19/h1-9,18,20H,10-15H2,(H,22,23). The topological polar surface area (TPSA) is 55.8 Å². The summed E-state index contributed by atoms with van der Waals surface area (Å²) in [5, 5.41) is 8.55. The van der Waals surface area contributed by atoms with E-state index >= 15 is 0 Å². The van der Waals surface area contributed by atoms with E-state index < -0.39 is 5.97 Å². The average Bonchev–Trinajstić information content (AvgIpc) is 3.08. The van der Waals surface area contributed by atoms with Gasteiger partial charge in [-0.2, -0.15) is 0 Å². The summed E-state index contributed by atoms with van der Waals surface area (Å²) in [4.78, 5) is 10.4. The van der Waals surface area contributed by atoms with E-state index in [0.717, 1.165) is 31.4 Å². The van der Waals surface area contributed by atoms with Crippen LogP contribution in [0.2, 0.25) is 0 Å². The number of benzene rings is 2. The maximum Gasteiger partial charge on any atom is 0.329 e. The zero-order chi connectivity index (χ0) is 17.5. The Morgan fingerprint density at radius 2 is 1.80 bits per heavy atom. The highest BCUT2D eigenvalue weighted by atomic mass is 16.5. The van der Waals surface area contributed by atoms with Crippen molar-refractivity contribution in [3.8, 4) is 5.75 Å². The zero-order valence-corrected chi connectivity index (χ0v) is 14.3. The predicted octanol–water partition coefficient (Wildman–Crippen LogP) is 4.05. The summed E-state index contributed by atoms with van der Waals surface area (Å²) in [6, 6.07) is 18.6. The van der Waals surface area contributed by atoms with Gasteiger partial charge in [0.05, 0.1) is 12.7 Å². The van der Waals surface area contributed by atoms with Crippen LogP contribution in [0.15, 0.2) is 54.6 Å². The van der Waals surface area contributed by atoms with E-state index in [1.807, 2.05) is 30.3 Å². The Kier molecular flexibility index (Phi) is 6.07. The molecule has 0 heterocycles. The number of carbonyl (C=O) groups is 1. The second-order valence-corrected chi connectivity index (χ2v) is 6.50. The maximum absolute atomic E-state index is 10.4. The van der Waals surface area contributed by atoms with Crippen LogP contribution < -0.4 is 4.74 Å². The van der Waals surface area contributed by atoms with Crippen LogP contribution in [0, 0.1) is 0 Å². The molecule has 2 atom stereocenters. The third kappa shape index (κ3) is 5.33. The first-order valence-electron chi connectivity index (χ1n) is 8.81. The second-order valence-electron chi connectivity index (χ2n) is 6.50. The van der Waals surface area contributed by atoms with Crippen LogP contribution in [-0.4, -0.2) is 30.4 Å². The van der Waals surface area contributed by atoms with E-state index in [9.17, 15) is 4.79 Å². The molecule has 0 saturated heterocycles. The number of hydrogen-bond donors (Lipinski definition) is 1. The van der Waals surface area contributed by atoms with E-state index in [4.69, 9.17) is 14.6 Å². The molecule has 132 valence electrons. The minimum atomic E-state index is -0.927. The van der Waals surface area contributed by atoms with Gasteiger partial charge in [0, 0.05) is 0 Å². The van der Waals surface area contributed by atoms with Gasteiger partial charge in [-0.1, -0.05) is 42.5 Å². The van der Waals surface area contributed by atoms with Crippen molar-refractivity contribution in [3.63, 3.8) is 0 Å². The van der Waals surface area contributed by atoms with Gasteiger partial charge in [-0.05, 0) is 54.9 Å². The maximum atomic E-state index is 10.4. The molecular weight excluding hydrogens is 316 g/mol. The highest BCUT2D eigenvalue weighted by Crippen LogP contribution is 2.36. The molecule has 4 heteroatoms. The Morgan fingerprint density at radius 1 is 1.04 bits per heavy atom. The highest BCUT2D eigenvalue weighted by molar-refractivity contribution is 5.67. The van der Waals surface area contributed by atoms with Gasteiger partial charge in [0.1, 0.15) is 12.4 Å². The molecule has 0 aromatic heterocycles. The molecule has 0 aliphatic heterocycles. The zero-order valence-electron chi connectivity index (χ0n) is 14.3. The van der Waals surface area contributed by atoms with Crippen molar-refractivity contribution in [1.29, 1.82) is 0 Å². The van der Waals surface area contributed by atoms with Gasteiger partial charge < -0.3 is 14.6 Å². The van der Waals surface area contributed by atoms with Crippen LogP contribution >= 0.6 is 0 Å². The lowest BCUT2D eigenvalue weighted by atomic mass is 9.96. The largest absolute Gasteiger partial charge is 0.490 e.